The van der Waals surface area contributed by atoms with E-state index in [0.29, 0.717) is 0 Å². The van der Waals surface area contributed by atoms with Crippen molar-refractivity contribution in [3.05, 3.63) is 11.4 Å². The number of carbonyl (C=O) groups excluding carboxylic acids is 1. The van der Waals surface area contributed by atoms with Crippen LogP contribution in [0.5, 0.6) is 0 Å². The lowest BCUT2D eigenvalue weighted by atomic mass is 10.2. The first-order chi connectivity index (χ1) is 6.20. The molecule has 2 rings (SSSR count). The van der Waals surface area contributed by atoms with Crippen LogP contribution in [0.25, 0.3) is 0 Å². The molecule has 2 heterocycles. The molecule has 0 aromatic rings. The number of amides is 1. The van der Waals surface area contributed by atoms with Gasteiger partial charge in [-0.15, -0.1) is 0 Å². The van der Waals surface area contributed by atoms with Crippen molar-refractivity contribution < 1.29 is 4.79 Å². The normalized spacial score (nSPS) is 28.0. The van der Waals surface area contributed by atoms with Crippen molar-refractivity contribution in [1.29, 1.82) is 0 Å². The zero-order valence-corrected chi connectivity index (χ0v) is 8.05. The molecule has 1 unspecified atom stereocenters. The van der Waals surface area contributed by atoms with Gasteiger partial charge in [0.15, 0.2) is 0 Å². The van der Waals surface area contributed by atoms with Crippen molar-refractivity contribution in [1.82, 2.24) is 15.5 Å². The van der Waals surface area contributed by atoms with Crippen LogP contribution >= 0.6 is 0 Å². The highest BCUT2D eigenvalue weighted by atomic mass is 16.2. The van der Waals surface area contributed by atoms with Crippen LogP contribution in [0.15, 0.2) is 11.4 Å². The number of carbonyl (C=O) groups is 1. The molecule has 0 radical (unpaired) electrons. The molecular formula is C9H15N3O. The number of hydrogen-bond donors (Lipinski definition) is 2. The Balaban J connectivity index is 2.30. The van der Waals surface area contributed by atoms with Gasteiger partial charge in [-0.1, -0.05) is 0 Å². The molecule has 0 aromatic carbocycles. The second-order valence-electron chi connectivity index (χ2n) is 3.62. The van der Waals surface area contributed by atoms with E-state index in [1.165, 1.54) is 0 Å². The zero-order chi connectivity index (χ0) is 9.42. The van der Waals surface area contributed by atoms with Crippen LogP contribution in [0.2, 0.25) is 0 Å². The minimum absolute atomic E-state index is 0.0619. The molecule has 1 amide bonds. The largest absolute Gasteiger partial charge is 0.367 e. The average molecular weight is 181 g/mol. The molecule has 0 saturated heterocycles. The maximum Gasteiger partial charge on any atom is 0.269 e. The van der Waals surface area contributed by atoms with Crippen molar-refractivity contribution in [2.45, 2.75) is 25.9 Å². The summed E-state index contributed by atoms with van der Waals surface area (Å²) in [5, 5.41) is 6.21. The van der Waals surface area contributed by atoms with Gasteiger partial charge in [0.25, 0.3) is 5.91 Å². The predicted molar refractivity (Wildman–Crippen MR) is 49.6 cm³/mol. The Bertz CT molecular complexity index is 272. The molecule has 0 spiro atoms. The Kier molecular flexibility index (Phi) is 1.90. The third-order valence-electron chi connectivity index (χ3n) is 2.71. The van der Waals surface area contributed by atoms with Gasteiger partial charge >= 0.3 is 0 Å². The summed E-state index contributed by atoms with van der Waals surface area (Å²) in [5.74, 6) is 0.0619. The van der Waals surface area contributed by atoms with Crippen molar-refractivity contribution in [2.75, 3.05) is 13.6 Å². The van der Waals surface area contributed by atoms with Crippen molar-refractivity contribution in [3.8, 4) is 0 Å². The molecule has 0 saturated carbocycles. The third-order valence-corrected chi connectivity index (χ3v) is 2.71. The minimum Gasteiger partial charge on any atom is -0.367 e. The van der Waals surface area contributed by atoms with Crippen molar-refractivity contribution in [2.24, 2.45) is 0 Å². The van der Waals surface area contributed by atoms with E-state index in [0.717, 1.165) is 30.8 Å². The topological polar surface area (TPSA) is 44.4 Å². The van der Waals surface area contributed by atoms with E-state index in [1.807, 2.05) is 11.9 Å². The number of nitrogens with one attached hydrogen (secondary N) is 2. The number of rotatable bonds is 0. The van der Waals surface area contributed by atoms with Gasteiger partial charge in [0, 0.05) is 19.3 Å². The molecule has 0 aliphatic carbocycles. The van der Waals surface area contributed by atoms with E-state index < -0.39 is 0 Å². The van der Waals surface area contributed by atoms with E-state index in [2.05, 4.69) is 17.6 Å². The lowest BCUT2D eigenvalue weighted by Gasteiger charge is -2.20. The summed E-state index contributed by atoms with van der Waals surface area (Å²) in [6.07, 6.45) is 2.25. The molecule has 2 aliphatic heterocycles. The first-order valence-corrected chi connectivity index (χ1v) is 4.71. The molecule has 4 nitrogen and oxygen atoms in total. The Labute approximate surface area is 78.0 Å². The fraction of sp³-hybridized carbons (Fsp3) is 0.667. The second kappa shape index (κ2) is 2.94. The number of nitrogens with zero attached hydrogens (tertiary/aromatic N) is 1. The van der Waals surface area contributed by atoms with E-state index in [1.54, 1.807) is 0 Å². The molecule has 2 aliphatic rings. The maximum absolute atomic E-state index is 11.6. The molecular weight excluding hydrogens is 166 g/mol. The predicted octanol–water partition coefficient (Wildman–Crippen LogP) is -0.0110. The van der Waals surface area contributed by atoms with E-state index in [-0.39, 0.29) is 12.1 Å². The molecule has 0 aromatic heterocycles. The van der Waals surface area contributed by atoms with Crippen molar-refractivity contribution >= 4 is 5.91 Å². The summed E-state index contributed by atoms with van der Waals surface area (Å²) in [4.78, 5) is 13.6. The SMILES string of the molecule is CC1NC2=C(C(=O)NCCC2)N1C. The zero-order valence-electron chi connectivity index (χ0n) is 8.05. The lowest BCUT2D eigenvalue weighted by Crippen LogP contribution is -2.36. The van der Waals surface area contributed by atoms with Gasteiger partial charge in [0.1, 0.15) is 5.70 Å². The summed E-state index contributed by atoms with van der Waals surface area (Å²) in [5.41, 5.74) is 1.93. The van der Waals surface area contributed by atoms with Crippen LogP contribution in [0.4, 0.5) is 0 Å². The molecule has 0 bridgehead atoms. The summed E-state index contributed by atoms with van der Waals surface area (Å²) >= 11 is 0. The summed E-state index contributed by atoms with van der Waals surface area (Å²) in [6, 6.07) is 0. The lowest BCUT2D eigenvalue weighted by molar-refractivity contribution is -0.118. The van der Waals surface area contributed by atoms with Gasteiger partial charge < -0.3 is 15.5 Å². The van der Waals surface area contributed by atoms with Gasteiger partial charge in [-0.25, -0.2) is 0 Å². The molecule has 2 N–H and O–H groups in total. The molecule has 13 heavy (non-hydrogen) atoms. The summed E-state index contributed by atoms with van der Waals surface area (Å²) in [6.45, 7) is 2.84. The maximum atomic E-state index is 11.6. The van der Waals surface area contributed by atoms with Gasteiger partial charge in [0.2, 0.25) is 0 Å². The first kappa shape index (κ1) is 8.41. The molecule has 0 fully saturated rings. The highest BCUT2D eigenvalue weighted by Crippen LogP contribution is 2.22. The molecule has 4 heteroatoms. The Hall–Kier alpha value is -1.19. The fourth-order valence-corrected chi connectivity index (χ4v) is 1.86. The molecule has 1 atom stereocenters. The summed E-state index contributed by atoms with van der Waals surface area (Å²) < 4.78 is 0. The number of likely N-dealkylation sites (N-methyl/N-ethyl adjacent to an activating group) is 1. The Morgan fingerprint density at radius 3 is 3.08 bits per heavy atom. The highest BCUT2D eigenvalue weighted by molar-refractivity contribution is 5.94. The smallest absolute Gasteiger partial charge is 0.269 e. The fourth-order valence-electron chi connectivity index (χ4n) is 1.86. The number of allylic oxidation sites excluding steroid dienone is 1. The Morgan fingerprint density at radius 1 is 1.54 bits per heavy atom. The van der Waals surface area contributed by atoms with Crippen LogP contribution in [-0.4, -0.2) is 30.6 Å². The third kappa shape index (κ3) is 1.26. The van der Waals surface area contributed by atoms with Gasteiger partial charge in [0.05, 0.1) is 6.17 Å². The monoisotopic (exact) mass is 181 g/mol. The van der Waals surface area contributed by atoms with Gasteiger partial charge in [-0.05, 0) is 19.8 Å². The first-order valence-electron chi connectivity index (χ1n) is 4.71. The van der Waals surface area contributed by atoms with Crippen LogP contribution in [0.3, 0.4) is 0 Å². The van der Waals surface area contributed by atoms with Crippen LogP contribution in [0.1, 0.15) is 19.8 Å². The Morgan fingerprint density at radius 2 is 2.31 bits per heavy atom. The van der Waals surface area contributed by atoms with Crippen LogP contribution in [0, 0.1) is 0 Å². The summed E-state index contributed by atoms with van der Waals surface area (Å²) in [7, 11) is 1.95. The molecule has 72 valence electrons. The standard InChI is InChI=1S/C9H15N3O/c1-6-11-7-4-3-5-10-9(13)8(7)12(6)2/h6,11H,3-5H2,1-2H3,(H,10,13). The minimum atomic E-state index is 0.0619. The van der Waals surface area contributed by atoms with Gasteiger partial charge in [-0.3, -0.25) is 4.79 Å². The number of hydrogen-bond acceptors (Lipinski definition) is 3. The van der Waals surface area contributed by atoms with E-state index in [9.17, 15) is 4.79 Å². The average Bonchev–Trinajstić information content (AvgIpc) is 2.29. The quantitative estimate of drug-likeness (QED) is 0.552. The van der Waals surface area contributed by atoms with E-state index in [4.69, 9.17) is 0 Å². The van der Waals surface area contributed by atoms with Crippen LogP contribution < -0.4 is 10.6 Å². The second-order valence-corrected chi connectivity index (χ2v) is 3.62. The van der Waals surface area contributed by atoms with E-state index >= 15 is 0 Å². The van der Waals surface area contributed by atoms with Crippen molar-refractivity contribution in [3.63, 3.8) is 0 Å². The highest BCUT2D eigenvalue weighted by Gasteiger charge is 2.30. The van der Waals surface area contributed by atoms with Crippen LogP contribution in [-0.2, 0) is 4.79 Å². The van der Waals surface area contributed by atoms with Gasteiger partial charge in [-0.2, -0.15) is 0 Å².